The van der Waals surface area contributed by atoms with Gasteiger partial charge in [0.15, 0.2) is 5.78 Å². The van der Waals surface area contributed by atoms with Gasteiger partial charge in [-0.05, 0) is 56.7 Å². The second-order valence-corrected chi connectivity index (χ2v) is 12.3. The molecule has 8 nitrogen and oxygen atoms in total. The number of piperidine rings is 1. The Bertz CT molecular complexity index is 1160. The van der Waals surface area contributed by atoms with Crippen molar-refractivity contribution in [2.75, 3.05) is 25.1 Å². The van der Waals surface area contributed by atoms with Gasteiger partial charge in [-0.3, -0.25) is 24.6 Å². The lowest BCUT2D eigenvalue weighted by Crippen LogP contribution is -2.59. The van der Waals surface area contributed by atoms with Gasteiger partial charge in [0.1, 0.15) is 5.75 Å². The highest BCUT2D eigenvalue weighted by Gasteiger charge is 2.79. The van der Waals surface area contributed by atoms with Crippen LogP contribution in [0.4, 0.5) is 5.69 Å². The summed E-state index contributed by atoms with van der Waals surface area (Å²) in [6.07, 6.45) is 3.25. The number of rotatable bonds is 2. The smallest absolute Gasteiger partial charge is 0.239 e. The lowest BCUT2D eigenvalue weighted by Gasteiger charge is -2.46. The number of ketones is 1. The Hall–Kier alpha value is -2.48. The van der Waals surface area contributed by atoms with Gasteiger partial charge >= 0.3 is 0 Å². The Labute approximate surface area is 199 Å². The number of fused-ring (bicyclic) bond motifs is 3. The van der Waals surface area contributed by atoms with Crippen molar-refractivity contribution in [2.24, 2.45) is 11.3 Å². The summed E-state index contributed by atoms with van der Waals surface area (Å²) in [5.41, 5.74) is -1.75. The molecule has 2 saturated heterocycles. The standard InChI is InChI=1S/C26H33N3O5/c1-23(2)12-17(30)20-18(34-5)9-8-16-21(20)28(23)22(31)26(16)13-25(29(32)33)14-27-10-6-7-15(27)11-19(25)24(26,3)4/h8-9,15,19H,6-7,10-14H2,1-5H3/t15-,19+,25-,26-/m0/s1. The fourth-order valence-corrected chi connectivity index (χ4v) is 8.63. The van der Waals surface area contributed by atoms with Gasteiger partial charge in [0.2, 0.25) is 11.4 Å². The van der Waals surface area contributed by atoms with Crippen molar-refractivity contribution in [1.82, 2.24) is 4.90 Å². The molecule has 0 bridgehead atoms. The molecule has 1 spiro atoms. The second kappa shape index (κ2) is 6.39. The fourth-order valence-electron chi connectivity index (χ4n) is 8.63. The molecule has 4 aliphatic heterocycles. The van der Waals surface area contributed by atoms with Crippen molar-refractivity contribution >= 4 is 17.4 Å². The molecule has 4 heterocycles. The molecular formula is C26H33N3O5. The van der Waals surface area contributed by atoms with E-state index < -0.39 is 21.9 Å². The maximum absolute atomic E-state index is 14.6. The summed E-state index contributed by atoms with van der Waals surface area (Å²) < 4.78 is 5.55. The topological polar surface area (TPSA) is 93.0 Å². The van der Waals surface area contributed by atoms with Crippen LogP contribution < -0.4 is 9.64 Å². The minimum atomic E-state index is -1.18. The predicted molar refractivity (Wildman–Crippen MR) is 126 cm³/mol. The largest absolute Gasteiger partial charge is 0.496 e. The first-order valence-corrected chi connectivity index (χ1v) is 12.4. The van der Waals surface area contributed by atoms with Crippen LogP contribution in [0, 0.1) is 21.4 Å². The van der Waals surface area contributed by atoms with Gasteiger partial charge in [0.25, 0.3) is 0 Å². The minimum Gasteiger partial charge on any atom is -0.496 e. The van der Waals surface area contributed by atoms with E-state index in [4.69, 9.17) is 4.74 Å². The molecule has 1 amide bonds. The average Bonchev–Trinajstić information content (AvgIpc) is 3.37. The minimum absolute atomic E-state index is 0.0438. The Morgan fingerprint density at radius 2 is 1.91 bits per heavy atom. The SMILES string of the molecule is COc1ccc2c3c1C(=O)CC(C)(C)N3C(=O)[C@]21C[C@]2([N+](=O)[O-])CN3CCC[C@H]3C[C@@H]2C1(C)C. The molecule has 0 aromatic heterocycles. The summed E-state index contributed by atoms with van der Waals surface area (Å²) in [5, 5.41) is 12.9. The molecule has 3 fully saturated rings. The average molecular weight is 468 g/mol. The van der Waals surface area contributed by atoms with Gasteiger partial charge in [0, 0.05) is 35.3 Å². The van der Waals surface area contributed by atoms with E-state index in [0.717, 1.165) is 31.4 Å². The fraction of sp³-hybridized carbons (Fsp3) is 0.692. The highest BCUT2D eigenvalue weighted by atomic mass is 16.6. The van der Waals surface area contributed by atoms with Gasteiger partial charge in [-0.25, -0.2) is 0 Å². The molecule has 182 valence electrons. The number of amides is 1. The van der Waals surface area contributed by atoms with Crippen molar-refractivity contribution < 1.29 is 19.2 Å². The molecule has 0 unspecified atom stereocenters. The third kappa shape index (κ3) is 2.24. The van der Waals surface area contributed by atoms with Crippen LogP contribution in [-0.2, 0) is 10.2 Å². The van der Waals surface area contributed by atoms with Gasteiger partial charge in [0.05, 0.1) is 30.3 Å². The van der Waals surface area contributed by atoms with Crippen molar-refractivity contribution in [3.05, 3.63) is 33.4 Å². The van der Waals surface area contributed by atoms with Crippen LogP contribution in [-0.4, -0.2) is 58.8 Å². The van der Waals surface area contributed by atoms with E-state index in [0.29, 0.717) is 29.6 Å². The number of Topliss-reactive ketones (excluding diaryl/α,β-unsaturated/α-hetero) is 1. The highest BCUT2D eigenvalue weighted by molar-refractivity contribution is 6.19. The Morgan fingerprint density at radius 1 is 1.18 bits per heavy atom. The van der Waals surface area contributed by atoms with Crippen LogP contribution in [0.1, 0.15) is 75.7 Å². The van der Waals surface area contributed by atoms with E-state index >= 15 is 0 Å². The molecule has 8 heteroatoms. The van der Waals surface area contributed by atoms with Gasteiger partial charge < -0.3 is 9.64 Å². The molecule has 1 aromatic rings. The number of nitro groups is 1. The van der Waals surface area contributed by atoms with Gasteiger partial charge in [-0.1, -0.05) is 19.9 Å². The van der Waals surface area contributed by atoms with Crippen LogP contribution in [0.15, 0.2) is 12.1 Å². The van der Waals surface area contributed by atoms with Crippen LogP contribution >= 0.6 is 0 Å². The number of methoxy groups -OCH3 is 1. The molecular weight excluding hydrogens is 434 g/mol. The summed E-state index contributed by atoms with van der Waals surface area (Å²) in [5.74, 6) is 0.108. The lowest BCUT2D eigenvalue weighted by molar-refractivity contribution is -0.584. The number of anilines is 1. The van der Waals surface area contributed by atoms with Crippen molar-refractivity contribution in [3.63, 3.8) is 0 Å². The van der Waals surface area contributed by atoms with E-state index in [1.165, 1.54) is 7.11 Å². The van der Waals surface area contributed by atoms with Crippen LogP contribution in [0.2, 0.25) is 0 Å². The third-order valence-electron chi connectivity index (χ3n) is 10.1. The van der Waals surface area contributed by atoms with Crippen molar-refractivity contribution in [1.29, 1.82) is 0 Å². The molecule has 0 N–H and O–H groups in total. The number of carbonyl (C=O) groups is 2. The van der Waals surface area contributed by atoms with Crippen LogP contribution in [0.3, 0.4) is 0 Å². The number of ether oxygens (including phenoxy) is 1. The first kappa shape index (κ1) is 22.0. The third-order valence-corrected chi connectivity index (χ3v) is 10.1. The van der Waals surface area contributed by atoms with Crippen molar-refractivity contribution in [3.8, 4) is 5.75 Å². The zero-order chi connectivity index (χ0) is 24.4. The quantitative estimate of drug-likeness (QED) is 0.488. The van der Waals surface area contributed by atoms with Gasteiger partial charge in [-0.2, -0.15) is 0 Å². The summed E-state index contributed by atoms with van der Waals surface area (Å²) in [6, 6.07) is 4.02. The zero-order valence-electron chi connectivity index (χ0n) is 20.6. The maximum atomic E-state index is 14.6. The molecule has 0 radical (unpaired) electrons. The first-order chi connectivity index (χ1) is 15.9. The molecule has 6 rings (SSSR count). The lowest BCUT2D eigenvalue weighted by atomic mass is 9.60. The maximum Gasteiger partial charge on any atom is 0.239 e. The Balaban J connectivity index is 1.63. The highest BCUT2D eigenvalue weighted by Crippen LogP contribution is 2.70. The van der Waals surface area contributed by atoms with E-state index in [9.17, 15) is 19.7 Å². The normalized spacial score (nSPS) is 37.0. The number of nitrogens with zero attached hydrogens (tertiary/aromatic N) is 3. The number of carbonyl (C=O) groups excluding carboxylic acids is 2. The monoisotopic (exact) mass is 467 g/mol. The first-order valence-electron chi connectivity index (χ1n) is 12.4. The summed E-state index contributed by atoms with van der Waals surface area (Å²) >= 11 is 0. The van der Waals surface area contributed by atoms with Crippen molar-refractivity contribution in [2.45, 2.75) is 82.3 Å². The molecule has 4 atom stereocenters. The van der Waals surface area contributed by atoms with Crippen LogP contribution in [0.25, 0.3) is 0 Å². The van der Waals surface area contributed by atoms with Crippen LogP contribution in [0.5, 0.6) is 5.75 Å². The summed E-state index contributed by atoms with van der Waals surface area (Å²) in [6.45, 7) is 9.25. The number of benzene rings is 1. The second-order valence-electron chi connectivity index (χ2n) is 12.3. The van der Waals surface area contributed by atoms with E-state index in [-0.39, 0.29) is 35.4 Å². The molecule has 5 aliphatic rings. The molecule has 34 heavy (non-hydrogen) atoms. The summed E-state index contributed by atoms with van der Waals surface area (Å²) in [7, 11) is 1.53. The van der Waals surface area contributed by atoms with E-state index in [1.807, 2.05) is 19.9 Å². The molecule has 1 aliphatic carbocycles. The number of hydrogen-bond acceptors (Lipinski definition) is 6. The Morgan fingerprint density at radius 3 is 2.59 bits per heavy atom. The zero-order valence-corrected chi connectivity index (χ0v) is 20.6. The van der Waals surface area contributed by atoms with E-state index in [1.54, 1.807) is 11.0 Å². The Kier molecular flexibility index (Phi) is 4.14. The number of hydrogen-bond donors (Lipinski definition) is 0. The predicted octanol–water partition coefficient (Wildman–Crippen LogP) is 3.57. The molecule has 1 saturated carbocycles. The molecule has 1 aromatic carbocycles. The summed E-state index contributed by atoms with van der Waals surface area (Å²) in [4.78, 5) is 44.8. The van der Waals surface area contributed by atoms with Gasteiger partial charge in [-0.15, -0.1) is 0 Å². The van der Waals surface area contributed by atoms with E-state index in [2.05, 4.69) is 18.7 Å².